The van der Waals surface area contributed by atoms with E-state index in [1.165, 1.54) is 0 Å². The molecule has 0 aliphatic carbocycles. The van der Waals surface area contributed by atoms with Gasteiger partial charge >= 0.3 is 0 Å². The van der Waals surface area contributed by atoms with Crippen molar-refractivity contribution < 1.29 is 9.47 Å². The van der Waals surface area contributed by atoms with Crippen molar-refractivity contribution in [3.63, 3.8) is 0 Å². The van der Waals surface area contributed by atoms with Gasteiger partial charge in [-0.15, -0.1) is 0 Å². The Morgan fingerprint density at radius 3 is 3.08 bits per heavy atom. The molecule has 0 aromatic heterocycles. The summed E-state index contributed by atoms with van der Waals surface area (Å²) in [6, 6.07) is 10.5. The lowest BCUT2D eigenvalue weighted by molar-refractivity contribution is -0.0508. The average Bonchev–Trinajstić information content (AvgIpc) is 2.04. The van der Waals surface area contributed by atoms with Gasteiger partial charge < -0.3 is 9.47 Å². The first-order valence-electron chi connectivity index (χ1n) is 4.12. The lowest BCUT2D eigenvalue weighted by Gasteiger charge is -2.25. The van der Waals surface area contributed by atoms with Crippen molar-refractivity contribution in [3.05, 3.63) is 30.3 Å². The van der Waals surface area contributed by atoms with E-state index in [4.69, 9.17) is 9.47 Å². The van der Waals surface area contributed by atoms with Crippen LogP contribution in [0.2, 0.25) is 0 Å². The molecular formula is C10H11O2. The van der Waals surface area contributed by atoms with Crippen molar-refractivity contribution >= 4 is 0 Å². The normalized spacial score (nSPS) is 17.0. The monoisotopic (exact) mass is 163 g/mol. The molecule has 12 heavy (non-hydrogen) atoms. The Balaban J connectivity index is 1.79. The standard InChI is InChI=1S/C10H11O2/c1-2-4-10(5-3-1)12-8-9-6-11-7-9/h1-2,4-5,9H,6-8H2. The zero-order chi connectivity index (χ0) is 8.23. The lowest BCUT2D eigenvalue weighted by Crippen LogP contribution is -2.32. The molecule has 1 aliphatic heterocycles. The molecule has 1 saturated heterocycles. The molecule has 0 saturated carbocycles. The third kappa shape index (κ3) is 1.77. The van der Waals surface area contributed by atoms with Crippen molar-refractivity contribution in [3.8, 4) is 5.75 Å². The molecule has 0 unspecified atom stereocenters. The molecule has 1 aliphatic rings. The highest BCUT2D eigenvalue weighted by molar-refractivity contribution is 5.19. The fourth-order valence-corrected chi connectivity index (χ4v) is 1.06. The maximum Gasteiger partial charge on any atom is 0.119 e. The fourth-order valence-electron chi connectivity index (χ4n) is 1.06. The van der Waals surface area contributed by atoms with Crippen LogP contribution in [0, 0.1) is 12.0 Å². The molecule has 0 amide bonds. The third-order valence-corrected chi connectivity index (χ3v) is 1.87. The Labute approximate surface area is 72.1 Å². The van der Waals surface area contributed by atoms with Gasteiger partial charge in [-0.1, -0.05) is 12.1 Å². The molecule has 2 heteroatoms. The minimum atomic E-state index is 0.588. The van der Waals surface area contributed by atoms with E-state index in [1.807, 2.05) is 24.3 Å². The van der Waals surface area contributed by atoms with E-state index in [0.29, 0.717) is 5.92 Å². The van der Waals surface area contributed by atoms with Gasteiger partial charge in [-0.05, 0) is 18.2 Å². The molecule has 0 spiro atoms. The molecule has 1 heterocycles. The Hall–Kier alpha value is -1.02. The summed E-state index contributed by atoms with van der Waals surface area (Å²) in [7, 11) is 0. The molecule has 63 valence electrons. The second-order valence-corrected chi connectivity index (χ2v) is 2.95. The third-order valence-electron chi connectivity index (χ3n) is 1.87. The summed E-state index contributed by atoms with van der Waals surface area (Å²) in [4.78, 5) is 0. The summed E-state index contributed by atoms with van der Waals surface area (Å²) in [5.41, 5.74) is 0. The first-order chi connectivity index (χ1) is 5.95. The van der Waals surface area contributed by atoms with E-state index in [1.54, 1.807) is 0 Å². The fraction of sp³-hybridized carbons (Fsp3) is 0.400. The van der Waals surface area contributed by atoms with Gasteiger partial charge in [0.2, 0.25) is 0 Å². The molecule has 1 aromatic rings. The number of benzene rings is 1. The van der Waals surface area contributed by atoms with Gasteiger partial charge in [-0.2, -0.15) is 0 Å². The van der Waals surface area contributed by atoms with Crippen LogP contribution in [-0.4, -0.2) is 19.8 Å². The maximum absolute atomic E-state index is 5.50. The van der Waals surface area contributed by atoms with Gasteiger partial charge in [-0.3, -0.25) is 0 Å². The molecule has 1 fully saturated rings. The van der Waals surface area contributed by atoms with Crippen molar-refractivity contribution in [1.29, 1.82) is 0 Å². The van der Waals surface area contributed by atoms with Crippen LogP contribution in [0.25, 0.3) is 0 Å². The van der Waals surface area contributed by atoms with Crippen molar-refractivity contribution in [2.75, 3.05) is 19.8 Å². The summed E-state index contributed by atoms with van der Waals surface area (Å²) in [6.45, 7) is 2.45. The van der Waals surface area contributed by atoms with Crippen LogP contribution in [0.3, 0.4) is 0 Å². The van der Waals surface area contributed by atoms with Gasteiger partial charge in [0.25, 0.3) is 0 Å². The molecule has 0 bridgehead atoms. The van der Waals surface area contributed by atoms with Crippen LogP contribution in [0.4, 0.5) is 0 Å². The minimum absolute atomic E-state index is 0.588. The average molecular weight is 163 g/mol. The van der Waals surface area contributed by atoms with E-state index >= 15 is 0 Å². The minimum Gasteiger partial charge on any atom is -0.493 e. The summed E-state index contributed by atoms with van der Waals surface area (Å²) >= 11 is 0. The van der Waals surface area contributed by atoms with E-state index in [0.717, 1.165) is 25.6 Å². The molecule has 1 radical (unpaired) electrons. The quantitative estimate of drug-likeness (QED) is 0.672. The predicted octanol–water partition coefficient (Wildman–Crippen LogP) is 1.51. The van der Waals surface area contributed by atoms with Crippen LogP contribution in [0.1, 0.15) is 0 Å². The highest BCUT2D eigenvalue weighted by Gasteiger charge is 2.18. The maximum atomic E-state index is 5.50. The van der Waals surface area contributed by atoms with E-state index < -0.39 is 0 Å². The zero-order valence-corrected chi connectivity index (χ0v) is 6.82. The molecule has 1 aromatic carbocycles. The van der Waals surface area contributed by atoms with Crippen LogP contribution in [0.15, 0.2) is 24.3 Å². The van der Waals surface area contributed by atoms with Crippen molar-refractivity contribution in [2.45, 2.75) is 0 Å². The van der Waals surface area contributed by atoms with Crippen LogP contribution >= 0.6 is 0 Å². The second kappa shape index (κ2) is 3.59. The Morgan fingerprint density at radius 1 is 1.58 bits per heavy atom. The molecular weight excluding hydrogens is 152 g/mol. The number of hydrogen-bond acceptors (Lipinski definition) is 2. The van der Waals surface area contributed by atoms with Gasteiger partial charge in [0, 0.05) is 5.92 Å². The molecule has 2 rings (SSSR count). The van der Waals surface area contributed by atoms with Crippen LogP contribution in [0.5, 0.6) is 5.75 Å². The van der Waals surface area contributed by atoms with E-state index in [9.17, 15) is 0 Å². The lowest BCUT2D eigenvalue weighted by atomic mass is 10.1. The Bertz CT molecular complexity index is 229. The predicted molar refractivity (Wildman–Crippen MR) is 45.1 cm³/mol. The SMILES string of the molecule is [c]1cccc(OCC2COC2)c1. The van der Waals surface area contributed by atoms with Gasteiger partial charge in [-0.25, -0.2) is 0 Å². The summed E-state index contributed by atoms with van der Waals surface area (Å²) in [5, 5.41) is 0. The van der Waals surface area contributed by atoms with E-state index in [-0.39, 0.29) is 0 Å². The molecule has 0 atom stereocenters. The smallest absolute Gasteiger partial charge is 0.119 e. The first-order valence-corrected chi connectivity index (χ1v) is 4.12. The Morgan fingerprint density at radius 2 is 2.50 bits per heavy atom. The number of ether oxygens (including phenoxy) is 2. The summed E-state index contributed by atoms with van der Waals surface area (Å²) in [6.07, 6.45) is 0. The number of rotatable bonds is 3. The zero-order valence-electron chi connectivity index (χ0n) is 6.82. The first kappa shape index (κ1) is 7.62. The topological polar surface area (TPSA) is 18.5 Å². The van der Waals surface area contributed by atoms with Gasteiger partial charge in [0.05, 0.1) is 19.8 Å². The molecule has 0 N–H and O–H groups in total. The second-order valence-electron chi connectivity index (χ2n) is 2.95. The Kier molecular flexibility index (Phi) is 2.28. The van der Waals surface area contributed by atoms with Gasteiger partial charge in [0.1, 0.15) is 5.75 Å². The van der Waals surface area contributed by atoms with Gasteiger partial charge in [0.15, 0.2) is 0 Å². The molecule has 2 nitrogen and oxygen atoms in total. The van der Waals surface area contributed by atoms with E-state index in [2.05, 4.69) is 6.07 Å². The largest absolute Gasteiger partial charge is 0.493 e. The van der Waals surface area contributed by atoms with Crippen molar-refractivity contribution in [1.82, 2.24) is 0 Å². The summed E-state index contributed by atoms with van der Waals surface area (Å²) < 4.78 is 10.5. The van der Waals surface area contributed by atoms with Crippen LogP contribution < -0.4 is 4.74 Å². The number of hydrogen-bond donors (Lipinski definition) is 0. The summed E-state index contributed by atoms with van der Waals surface area (Å²) in [5.74, 6) is 1.48. The highest BCUT2D eigenvalue weighted by Crippen LogP contribution is 2.13. The van der Waals surface area contributed by atoms with Crippen molar-refractivity contribution in [2.24, 2.45) is 5.92 Å². The highest BCUT2D eigenvalue weighted by atomic mass is 16.5. The van der Waals surface area contributed by atoms with Crippen LogP contribution in [-0.2, 0) is 4.74 Å².